The number of Topliss-reactive ketones (excluding diaryl/α,β-unsaturated/α-hetero) is 1. The van der Waals surface area contributed by atoms with E-state index >= 15 is 0 Å². The summed E-state index contributed by atoms with van der Waals surface area (Å²) < 4.78 is 5.33. The first-order valence-corrected chi connectivity index (χ1v) is 6.40. The third-order valence-electron chi connectivity index (χ3n) is 3.69. The lowest BCUT2D eigenvalue weighted by Crippen LogP contribution is -2.36. The third kappa shape index (κ3) is 2.91. The van der Waals surface area contributed by atoms with Crippen LogP contribution in [0.5, 0.6) is 5.75 Å². The lowest BCUT2D eigenvalue weighted by Gasteiger charge is -2.32. The third-order valence-corrected chi connectivity index (χ3v) is 3.69. The number of hydrogen-bond acceptors (Lipinski definition) is 3. The van der Waals surface area contributed by atoms with Gasteiger partial charge in [-0.3, -0.25) is 4.79 Å². The molecule has 1 aromatic carbocycles. The number of benzene rings is 1. The van der Waals surface area contributed by atoms with E-state index in [0.717, 1.165) is 16.9 Å². The molecule has 1 fully saturated rings. The second-order valence-corrected chi connectivity index (χ2v) is 5.26. The molecule has 0 atom stereocenters. The molecule has 3 nitrogen and oxygen atoms in total. The van der Waals surface area contributed by atoms with Crippen LogP contribution in [0, 0.1) is 6.92 Å². The molecule has 1 aliphatic rings. The second-order valence-electron chi connectivity index (χ2n) is 5.26. The van der Waals surface area contributed by atoms with E-state index in [-0.39, 0.29) is 5.78 Å². The molecule has 0 aromatic heterocycles. The lowest BCUT2D eigenvalue weighted by atomic mass is 9.80. The Morgan fingerprint density at radius 2 is 2.00 bits per heavy atom. The maximum absolute atomic E-state index is 11.2. The van der Waals surface area contributed by atoms with Crippen LogP contribution in [0.25, 0.3) is 0 Å². The first kappa shape index (κ1) is 13.1. The maximum Gasteiger partial charge on any atom is 0.133 e. The molecule has 1 aromatic rings. The highest BCUT2D eigenvalue weighted by Crippen LogP contribution is 2.32. The monoisotopic (exact) mass is 248 g/mol. The summed E-state index contributed by atoms with van der Waals surface area (Å²) >= 11 is 0. The molecule has 0 bridgehead atoms. The van der Waals surface area contributed by atoms with Gasteiger partial charge in [0.15, 0.2) is 0 Å². The summed E-state index contributed by atoms with van der Waals surface area (Å²) in [5.74, 6) is 1.07. The van der Waals surface area contributed by atoms with Crippen LogP contribution in [-0.4, -0.2) is 23.6 Å². The van der Waals surface area contributed by atoms with Crippen LogP contribution in [0.1, 0.15) is 36.8 Å². The van der Waals surface area contributed by atoms with Crippen LogP contribution >= 0.6 is 0 Å². The van der Waals surface area contributed by atoms with E-state index < -0.39 is 5.60 Å². The second kappa shape index (κ2) is 5.11. The van der Waals surface area contributed by atoms with Crippen LogP contribution in [0.2, 0.25) is 0 Å². The number of aliphatic hydroxyl groups is 1. The first-order chi connectivity index (χ1) is 8.52. The quantitative estimate of drug-likeness (QED) is 0.893. The van der Waals surface area contributed by atoms with Crippen molar-refractivity contribution < 1.29 is 14.6 Å². The van der Waals surface area contributed by atoms with Crippen molar-refractivity contribution in [2.24, 2.45) is 0 Å². The van der Waals surface area contributed by atoms with E-state index in [2.05, 4.69) is 0 Å². The van der Waals surface area contributed by atoms with Gasteiger partial charge in [-0.25, -0.2) is 0 Å². The van der Waals surface area contributed by atoms with Crippen molar-refractivity contribution >= 4 is 5.78 Å². The molecule has 98 valence electrons. The number of carbonyl (C=O) groups is 1. The molecule has 18 heavy (non-hydrogen) atoms. The Labute approximate surface area is 108 Å². The van der Waals surface area contributed by atoms with Gasteiger partial charge < -0.3 is 9.84 Å². The summed E-state index contributed by atoms with van der Waals surface area (Å²) in [6.07, 6.45) is 2.66. The number of ketones is 1. The maximum atomic E-state index is 11.2. The zero-order chi connectivity index (χ0) is 13.2. The van der Waals surface area contributed by atoms with Crippen molar-refractivity contribution in [2.75, 3.05) is 7.11 Å². The van der Waals surface area contributed by atoms with Crippen LogP contribution in [0.4, 0.5) is 0 Å². The molecule has 0 saturated heterocycles. The van der Waals surface area contributed by atoms with Gasteiger partial charge in [-0.2, -0.15) is 0 Å². The number of carbonyl (C=O) groups excluding carboxylic acids is 1. The summed E-state index contributed by atoms with van der Waals surface area (Å²) in [4.78, 5) is 11.2. The number of aryl methyl sites for hydroxylation is 1. The molecule has 2 rings (SSSR count). The van der Waals surface area contributed by atoms with Crippen molar-refractivity contribution in [1.29, 1.82) is 0 Å². The van der Waals surface area contributed by atoms with Crippen molar-refractivity contribution in [2.45, 2.75) is 44.6 Å². The topological polar surface area (TPSA) is 46.5 Å². The molecule has 0 aliphatic heterocycles. The van der Waals surface area contributed by atoms with Crippen LogP contribution in [0.3, 0.4) is 0 Å². The number of methoxy groups -OCH3 is 1. The summed E-state index contributed by atoms with van der Waals surface area (Å²) in [5, 5.41) is 10.5. The molecule has 3 heteroatoms. The van der Waals surface area contributed by atoms with E-state index in [9.17, 15) is 9.90 Å². The van der Waals surface area contributed by atoms with Crippen molar-refractivity contribution in [3.63, 3.8) is 0 Å². The Morgan fingerprint density at radius 1 is 1.33 bits per heavy atom. The van der Waals surface area contributed by atoms with Gasteiger partial charge in [0.1, 0.15) is 11.5 Å². The number of ether oxygens (including phenoxy) is 1. The van der Waals surface area contributed by atoms with Crippen LogP contribution < -0.4 is 4.74 Å². The van der Waals surface area contributed by atoms with Gasteiger partial charge in [0.25, 0.3) is 0 Å². The van der Waals surface area contributed by atoms with Crippen molar-refractivity contribution in [1.82, 2.24) is 0 Å². The van der Waals surface area contributed by atoms with Gasteiger partial charge in [0, 0.05) is 19.3 Å². The Kier molecular flexibility index (Phi) is 3.71. The average molecular weight is 248 g/mol. The van der Waals surface area contributed by atoms with Gasteiger partial charge in [0.2, 0.25) is 0 Å². The summed E-state index contributed by atoms with van der Waals surface area (Å²) in [6.45, 7) is 2.03. The van der Waals surface area contributed by atoms with Gasteiger partial charge in [0.05, 0.1) is 12.7 Å². The number of rotatable bonds is 3. The molecule has 0 radical (unpaired) electrons. The van der Waals surface area contributed by atoms with E-state index in [1.807, 2.05) is 25.1 Å². The van der Waals surface area contributed by atoms with E-state index in [1.165, 1.54) is 0 Å². The molecule has 0 spiro atoms. The summed E-state index contributed by atoms with van der Waals surface area (Å²) in [7, 11) is 1.64. The highest BCUT2D eigenvalue weighted by molar-refractivity contribution is 5.79. The fraction of sp³-hybridized carbons (Fsp3) is 0.533. The Hall–Kier alpha value is -1.35. The van der Waals surface area contributed by atoms with E-state index in [4.69, 9.17) is 4.74 Å². The molecular weight excluding hydrogens is 228 g/mol. The van der Waals surface area contributed by atoms with E-state index in [0.29, 0.717) is 32.1 Å². The Bertz CT molecular complexity index is 441. The number of hydrogen-bond donors (Lipinski definition) is 1. The normalized spacial score (nSPS) is 18.7. The van der Waals surface area contributed by atoms with Crippen LogP contribution in [-0.2, 0) is 11.2 Å². The minimum absolute atomic E-state index is 0.260. The first-order valence-electron chi connectivity index (χ1n) is 6.40. The van der Waals surface area contributed by atoms with Gasteiger partial charge in [-0.15, -0.1) is 0 Å². The van der Waals surface area contributed by atoms with Gasteiger partial charge >= 0.3 is 0 Å². The molecule has 1 aliphatic carbocycles. The zero-order valence-electron chi connectivity index (χ0n) is 11.0. The Morgan fingerprint density at radius 3 is 2.61 bits per heavy atom. The molecule has 1 saturated carbocycles. The van der Waals surface area contributed by atoms with Crippen LogP contribution in [0.15, 0.2) is 18.2 Å². The molecular formula is C15H20O3. The largest absolute Gasteiger partial charge is 0.496 e. The highest BCUT2D eigenvalue weighted by Gasteiger charge is 2.33. The lowest BCUT2D eigenvalue weighted by molar-refractivity contribution is -0.125. The molecule has 1 N–H and O–H groups in total. The standard InChI is InChI=1S/C15H20O3/c1-11-3-4-14(18-2)12(9-11)10-15(17)7-5-13(16)6-8-15/h3-4,9,17H,5-8,10H2,1-2H3. The smallest absolute Gasteiger partial charge is 0.133 e. The molecule has 0 unspecified atom stereocenters. The fourth-order valence-corrected chi connectivity index (χ4v) is 2.57. The fourth-order valence-electron chi connectivity index (χ4n) is 2.57. The zero-order valence-corrected chi connectivity index (χ0v) is 11.0. The van der Waals surface area contributed by atoms with Crippen molar-refractivity contribution in [3.05, 3.63) is 29.3 Å². The SMILES string of the molecule is COc1ccc(C)cc1CC1(O)CCC(=O)CC1. The highest BCUT2D eigenvalue weighted by atomic mass is 16.5. The summed E-state index contributed by atoms with van der Waals surface area (Å²) in [5.41, 5.74) is 1.42. The van der Waals surface area contributed by atoms with Gasteiger partial charge in [-0.05, 0) is 31.4 Å². The van der Waals surface area contributed by atoms with Crippen molar-refractivity contribution in [3.8, 4) is 5.75 Å². The molecule has 0 heterocycles. The average Bonchev–Trinajstić information content (AvgIpc) is 2.34. The predicted molar refractivity (Wildman–Crippen MR) is 69.9 cm³/mol. The summed E-state index contributed by atoms with van der Waals surface area (Å²) in [6, 6.07) is 5.98. The molecule has 0 amide bonds. The van der Waals surface area contributed by atoms with Gasteiger partial charge in [-0.1, -0.05) is 17.7 Å². The minimum atomic E-state index is -0.755. The minimum Gasteiger partial charge on any atom is -0.496 e. The Balaban J connectivity index is 2.17. The van der Waals surface area contributed by atoms with E-state index in [1.54, 1.807) is 7.11 Å². The predicted octanol–water partition coefficient (Wildman–Crippen LogP) is 2.42.